The van der Waals surface area contributed by atoms with Crippen LogP contribution in [0.15, 0.2) is 60.0 Å². The first-order chi connectivity index (χ1) is 13.5. The minimum absolute atomic E-state index is 0.0695. The molecular formula is C20H16N2O5S. The molecule has 0 spiro atoms. The fourth-order valence-electron chi connectivity index (χ4n) is 2.29. The van der Waals surface area contributed by atoms with E-state index >= 15 is 0 Å². The van der Waals surface area contributed by atoms with Gasteiger partial charge < -0.3 is 9.47 Å². The van der Waals surface area contributed by atoms with Gasteiger partial charge in [0.2, 0.25) is 0 Å². The summed E-state index contributed by atoms with van der Waals surface area (Å²) in [4.78, 5) is 26.4. The van der Waals surface area contributed by atoms with Gasteiger partial charge in [-0.2, -0.15) is 0 Å². The molecule has 0 bridgehead atoms. The van der Waals surface area contributed by atoms with Crippen molar-refractivity contribution in [1.29, 1.82) is 0 Å². The highest BCUT2D eigenvalue weighted by Gasteiger charge is 2.06. The lowest BCUT2D eigenvalue weighted by Gasteiger charge is -2.05. The van der Waals surface area contributed by atoms with Crippen molar-refractivity contribution in [2.45, 2.75) is 13.5 Å². The fraction of sp³-hybridized carbons (Fsp3) is 0.100. The predicted molar refractivity (Wildman–Crippen MR) is 105 cm³/mol. The van der Waals surface area contributed by atoms with Crippen LogP contribution in [0.4, 0.5) is 5.69 Å². The Morgan fingerprint density at radius 1 is 1.21 bits per heavy atom. The van der Waals surface area contributed by atoms with E-state index in [1.165, 1.54) is 30.3 Å². The van der Waals surface area contributed by atoms with Gasteiger partial charge in [0.1, 0.15) is 18.1 Å². The number of aryl methyl sites for hydroxylation is 1. The Morgan fingerprint density at radius 3 is 2.68 bits per heavy atom. The number of nitro groups is 1. The molecule has 0 N–H and O–H groups in total. The molecule has 142 valence electrons. The molecule has 0 aliphatic heterocycles. The van der Waals surface area contributed by atoms with Crippen molar-refractivity contribution in [3.8, 4) is 11.5 Å². The molecule has 0 fully saturated rings. The van der Waals surface area contributed by atoms with Crippen LogP contribution in [0, 0.1) is 17.0 Å². The molecule has 3 rings (SSSR count). The number of nitro benzene ring substituents is 1. The Balaban J connectivity index is 1.57. The first-order valence-corrected chi connectivity index (χ1v) is 9.16. The third-order valence-corrected chi connectivity index (χ3v) is 4.41. The van der Waals surface area contributed by atoms with Crippen LogP contribution >= 0.6 is 11.3 Å². The number of benzene rings is 2. The van der Waals surface area contributed by atoms with Gasteiger partial charge in [-0.15, -0.1) is 11.3 Å². The maximum absolute atomic E-state index is 11.9. The predicted octanol–water partition coefficient (Wildman–Crippen LogP) is 4.56. The second kappa shape index (κ2) is 8.92. The van der Waals surface area contributed by atoms with Gasteiger partial charge in [0.25, 0.3) is 5.69 Å². The average molecular weight is 396 g/mol. The molecule has 3 aromatic rings. The number of thiazole rings is 1. The maximum atomic E-state index is 11.9. The highest BCUT2D eigenvalue weighted by atomic mass is 32.1. The van der Waals surface area contributed by atoms with E-state index in [-0.39, 0.29) is 11.4 Å². The Morgan fingerprint density at radius 2 is 2.00 bits per heavy atom. The zero-order valence-corrected chi connectivity index (χ0v) is 15.7. The number of esters is 1. The third-order valence-electron chi connectivity index (χ3n) is 3.59. The van der Waals surface area contributed by atoms with Crippen LogP contribution in [0.3, 0.4) is 0 Å². The minimum atomic E-state index is -0.585. The van der Waals surface area contributed by atoms with Gasteiger partial charge >= 0.3 is 5.97 Å². The summed E-state index contributed by atoms with van der Waals surface area (Å²) >= 11 is 1.57. The molecule has 0 unspecified atom stereocenters. The van der Waals surface area contributed by atoms with E-state index in [2.05, 4.69) is 4.98 Å². The lowest BCUT2D eigenvalue weighted by Crippen LogP contribution is -2.03. The third kappa shape index (κ3) is 5.49. The van der Waals surface area contributed by atoms with Crippen LogP contribution in [0.25, 0.3) is 6.08 Å². The molecule has 0 saturated carbocycles. The number of hydrogen-bond donors (Lipinski definition) is 0. The summed E-state index contributed by atoms with van der Waals surface area (Å²) in [5.74, 6) is 0.311. The van der Waals surface area contributed by atoms with Crippen LogP contribution in [0.1, 0.15) is 16.3 Å². The first kappa shape index (κ1) is 19.2. The normalized spacial score (nSPS) is 10.8. The Bertz CT molecular complexity index is 1010. The van der Waals surface area contributed by atoms with E-state index in [1.807, 2.05) is 30.5 Å². The SMILES string of the molecule is Cc1nc(COc2cccc(/C=C/C(=O)Oc3ccc([N+](=O)[O-])cc3)c2)cs1. The number of ether oxygens (including phenoxy) is 2. The molecule has 0 aliphatic rings. The van der Waals surface area contributed by atoms with E-state index in [9.17, 15) is 14.9 Å². The zero-order valence-electron chi connectivity index (χ0n) is 14.9. The summed E-state index contributed by atoms with van der Waals surface area (Å²) < 4.78 is 10.8. The largest absolute Gasteiger partial charge is 0.487 e. The number of nitrogens with zero attached hydrogens (tertiary/aromatic N) is 2. The van der Waals surface area contributed by atoms with Gasteiger partial charge in [-0.1, -0.05) is 12.1 Å². The van der Waals surface area contributed by atoms with E-state index in [0.717, 1.165) is 16.3 Å². The first-order valence-electron chi connectivity index (χ1n) is 8.28. The van der Waals surface area contributed by atoms with Gasteiger partial charge in [0.15, 0.2) is 0 Å². The summed E-state index contributed by atoms with van der Waals surface area (Å²) in [6, 6.07) is 12.6. The maximum Gasteiger partial charge on any atom is 0.336 e. The van der Waals surface area contributed by atoms with Crippen molar-refractivity contribution in [2.75, 3.05) is 0 Å². The standard InChI is InChI=1S/C20H16N2O5S/c1-14-21-16(13-28-14)12-26-19-4-2-3-15(11-19)5-10-20(23)27-18-8-6-17(7-9-18)22(24)25/h2-11,13H,12H2,1H3/b10-5+. The molecule has 0 atom stereocenters. The zero-order chi connectivity index (χ0) is 19.9. The molecule has 0 radical (unpaired) electrons. The van der Waals surface area contributed by atoms with E-state index < -0.39 is 10.9 Å². The van der Waals surface area contributed by atoms with Crippen LogP contribution in [0.2, 0.25) is 0 Å². The second-order valence-electron chi connectivity index (χ2n) is 5.72. The number of non-ortho nitro benzene ring substituents is 1. The summed E-state index contributed by atoms with van der Waals surface area (Å²) in [5, 5.41) is 13.6. The summed E-state index contributed by atoms with van der Waals surface area (Å²) in [6.45, 7) is 2.31. The van der Waals surface area contributed by atoms with E-state index in [1.54, 1.807) is 23.5 Å². The van der Waals surface area contributed by atoms with Gasteiger partial charge in [-0.25, -0.2) is 9.78 Å². The Hall–Kier alpha value is -3.52. The summed E-state index contributed by atoms with van der Waals surface area (Å²) in [5.41, 5.74) is 1.57. The van der Waals surface area contributed by atoms with Crippen molar-refractivity contribution in [1.82, 2.24) is 4.98 Å². The quantitative estimate of drug-likeness (QED) is 0.191. The van der Waals surface area contributed by atoms with Crippen LogP contribution in [-0.4, -0.2) is 15.9 Å². The number of aromatic nitrogens is 1. The molecule has 0 aliphatic carbocycles. The number of hydrogen-bond acceptors (Lipinski definition) is 7. The van der Waals surface area contributed by atoms with Crippen molar-refractivity contribution in [3.05, 3.63) is 86.4 Å². The lowest BCUT2D eigenvalue weighted by molar-refractivity contribution is -0.384. The summed E-state index contributed by atoms with van der Waals surface area (Å²) in [7, 11) is 0. The van der Waals surface area contributed by atoms with Gasteiger partial charge in [-0.05, 0) is 42.8 Å². The minimum Gasteiger partial charge on any atom is -0.487 e. The molecule has 2 aromatic carbocycles. The molecular weight excluding hydrogens is 380 g/mol. The molecule has 8 heteroatoms. The van der Waals surface area contributed by atoms with Gasteiger partial charge in [-0.3, -0.25) is 10.1 Å². The van der Waals surface area contributed by atoms with Crippen molar-refractivity contribution >= 4 is 29.1 Å². The second-order valence-corrected chi connectivity index (χ2v) is 6.79. The number of carbonyl (C=O) groups excluding carboxylic acids is 1. The Kier molecular flexibility index (Phi) is 6.13. The Labute approximate surface area is 165 Å². The topological polar surface area (TPSA) is 91.6 Å². The highest BCUT2D eigenvalue weighted by molar-refractivity contribution is 7.09. The molecule has 0 amide bonds. The molecule has 7 nitrogen and oxygen atoms in total. The average Bonchev–Trinajstić information content (AvgIpc) is 3.11. The highest BCUT2D eigenvalue weighted by Crippen LogP contribution is 2.19. The van der Waals surface area contributed by atoms with Crippen molar-refractivity contribution in [3.63, 3.8) is 0 Å². The van der Waals surface area contributed by atoms with Crippen molar-refractivity contribution in [2.24, 2.45) is 0 Å². The lowest BCUT2D eigenvalue weighted by atomic mass is 10.2. The smallest absolute Gasteiger partial charge is 0.336 e. The molecule has 0 saturated heterocycles. The number of carbonyl (C=O) groups is 1. The molecule has 1 heterocycles. The molecule has 28 heavy (non-hydrogen) atoms. The summed E-state index contributed by atoms with van der Waals surface area (Å²) in [6.07, 6.45) is 2.89. The monoisotopic (exact) mass is 396 g/mol. The van der Waals surface area contributed by atoms with E-state index in [4.69, 9.17) is 9.47 Å². The number of rotatable bonds is 7. The molecule has 1 aromatic heterocycles. The van der Waals surface area contributed by atoms with E-state index in [0.29, 0.717) is 12.4 Å². The van der Waals surface area contributed by atoms with Gasteiger partial charge in [0, 0.05) is 23.6 Å². The van der Waals surface area contributed by atoms with Crippen LogP contribution < -0.4 is 9.47 Å². The van der Waals surface area contributed by atoms with Crippen molar-refractivity contribution < 1.29 is 19.2 Å². The van der Waals surface area contributed by atoms with Crippen LogP contribution in [-0.2, 0) is 11.4 Å². The fourth-order valence-corrected chi connectivity index (χ4v) is 2.89. The van der Waals surface area contributed by atoms with Crippen LogP contribution in [0.5, 0.6) is 11.5 Å². The van der Waals surface area contributed by atoms with Gasteiger partial charge in [0.05, 0.1) is 15.6 Å².